The lowest BCUT2D eigenvalue weighted by Crippen LogP contribution is -2.69. The van der Waals surface area contributed by atoms with Crippen LogP contribution in [0.1, 0.15) is 98.3 Å². The largest absolute Gasteiger partial charge is 0.306 e. The van der Waals surface area contributed by atoms with Crippen LogP contribution in [0.3, 0.4) is 0 Å². The maximum atomic E-state index is 14.6. The summed E-state index contributed by atoms with van der Waals surface area (Å²) in [4.78, 5) is 29.3. The normalized spacial score (nSPS) is 43.3. The Morgan fingerprint density at radius 1 is 1.02 bits per heavy atom. The lowest BCUT2D eigenvalue weighted by molar-refractivity contribution is -0.161. The molecule has 1 aromatic rings. The highest BCUT2D eigenvalue weighted by Crippen LogP contribution is 2.73. The van der Waals surface area contributed by atoms with Crippen LogP contribution in [0.15, 0.2) is 40.8 Å². The number of nitrogens with one attached hydrogen (secondary N) is 1. The molecule has 0 saturated heterocycles. The Bertz CT molecular complexity index is 1360. The molecule has 0 amide bonds. The number of rotatable bonds is 3. The number of nitriles is 1. The van der Waals surface area contributed by atoms with Crippen LogP contribution in [-0.2, 0) is 16.1 Å². The van der Waals surface area contributed by atoms with E-state index in [1.54, 1.807) is 11.3 Å². The van der Waals surface area contributed by atoms with Crippen molar-refractivity contribution in [3.8, 4) is 6.07 Å². The molecule has 40 heavy (non-hydrogen) atoms. The molecule has 3 fully saturated rings. The first kappa shape index (κ1) is 28.1. The highest BCUT2D eigenvalue weighted by molar-refractivity contribution is 7.09. The summed E-state index contributed by atoms with van der Waals surface area (Å²) in [5.74, 6) is 0.584. The molecule has 0 radical (unpaired) electrons. The van der Waals surface area contributed by atoms with Gasteiger partial charge in [0.05, 0.1) is 5.57 Å². The number of thiophene rings is 1. The lowest BCUT2D eigenvalue weighted by Gasteiger charge is -2.69. The Kier molecular flexibility index (Phi) is 6.14. The van der Waals surface area contributed by atoms with Gasteiger partial charge in [0, 0.05) is 33.7 Å². The van der Waals surface area contributed by atoms with Crippen LogP contribution in [0, 0.1) is 56.2 Å². The van der Waals surface area contributed by atoms with Crippen molar-refractivity contribution in [2.24, 2.45) is 44.8 Å². The van der Waals surface area contributed by atoms with Crippen LogP contribution in [0.5, 0.6) is 0 Å². The molecule has 4 nitrogen and oxygen atoms in total. The second-order valence-corrected chi connectivity index (χ2v) is 16.9. The van der Waals surface area contributed by atoms with Crippen LogP contribution < -0.4 is 5.32 Å². The molecule has 6 rings (SSSR count). The molecule has 5 aliphatic carbocycles. The predicted octanol–water partition coefficient (Wildman–Crippen LogP) is 7.81. The number of fused-ring (bicyclic) bond motifs is 7. The van der Waals surface area contributed by atoms with E-state index in [1.807, 2.05) is 26.0 Å². The van der Waals surface area contributed by atoms with Gasteiger partial charge in [-0.05, 0) is 90.5 Å². The van der Waals surface area contributed by atoms with E-state index in [-0.39, 0.29) is 56.7 Å². The van der Waals surface area contributed by atoms with E-state index >= 15 is 0 Å². The molecule has 7 atom stereocenters. The van der Waals surface area contributed by atoms with E-state index in [4.69, 9.17) is 0 Å². The Labute approximate surface area is 244 Å². The maximum Gasteiger partial charge on any atom is 0.178 e. The summed E-state index contributed by atoms with van der Waals surface area (Å²) < 4.78 is 0. The van der Waals surface area contributed by atoms with Crippen LogP contribution in [-0.4, -0.2) is 17.1 Å². The average molecular weight is 559 g/mol. The summed E-state index contributed by atoms with van der Waals surface area (Å²) in [6.07, 6.45) is 11.4. The summed E-state index contributed by atoms with van der Waals surface area (Å²) in [5.41, 5.74) is 0.214. The zero-order valence-electron chi connectivity index (χ0n) is 25.4. The number of nitrogens with zero attached hydrogens (tertiary/aromatic N) is 1. The fourth-order valence-corrected chi connectivity index (χ4v) is 11.3. The number of hydrogen-bond acceptors (Lipinski definition) is 5. The van der Waals surface area contributed by atoms with E-state index in [0.29, 0.717) is 0 Å². The zero-order valence-corrected chi connectivity index (χ0v) is 26.3. The minimum Gasteiger partial charge on any atom is -0.306 e. The summed E-state index contributed by atoms with van der Waals surface area (Å²) in [6, 6.07) is 6.56. The molecule has 1 aromatic heterocycles. The highest BCUT2D eigenvalue weighted by Gasteiger charge is 2.69. The lowest BCUT2D eigenvalue weighted by atomic mass is 9.35. The molecule has 3 saturated carbocycles. The van der Waals surface area contributed by atoms with Crippen molar-refractivity contribution >= 4 is 22.9 Å². The Morgan fingerprint density at radius 2 is 1.75 bits per heavy atom. The van der Waals surface area contributed by atoms with Gasteiger partial charge in [0.1, 0.15) is 6.07 Å². The molecule has 0 aromatic carbocycles. The first-order valence-electron chi connectivity index (χ1n) is 15.4. The number of allylic oxidation sites excluding steroid dienone is 4. The molecule has 1 N–H and O–H groups in total. The van der Waals surface area contributed by atoms with E-state index in [2.05, 4.69) is 63.5 Å². The average Bonchev–Trinajstić information content (AvgIpc) is 3.41. The van der Waals surface area contributed by atoms with Crippen molar-refractivity contribution in [3.05, 3.63) is 45.7 Å². The number of Topliss-reactive ketones (excluding diaryl/α,β-unsaturated/α-hetero) is 1. The topological polar surface area (TPSA) is 70.0 Å². The monoisotopic (exact) mass is 558 g/mol. The summed E-state index contributed by atoms with van der Waals surface area (Å²) in [7, 11) is 0. The van der Waals surface area contributed by atoms with Crippen LogP contribution >= 0.6 is 11.3 Å². The molecule has 0 spiro atoms. The van der Waals surface area contributed by atoms with E-state index in [0.717, 1.165) is 45.1 Å². The van der Waals surface area contributed by atoms with Gasteiger partial charge in [0.15, 0.2) is 11.6 Å². The first-order chi connectivity index (χ1) is 18.6. The third-order valence-corrected chi connectivity index (χ3v) is 13.9. The van der Waals surface area contributed by atoms with Gasteiger partial charge in [-0.25, -0.2) is 0 Å². The second kappa shape index (κ2) is 8.74. The Hall–Kier alpha value is -2.03. The number of hydrogen-bond donors (Lipinski definition) is 1. The van der Waals surface area contributed by atoms with Crippen LogP contribution in [0.2, 0.25) is 0 Å². The third kappa shape index (κ3) is 3.64. The predicted molar refractivity (Wildman–Crippen MR) is 160 cm³/mol. The van der Waals surface area contributed by atoms with Crippen molar-refractivity contribution in [1.82, 2.24) is 5.32 Å². The van der Waals surface area contributed by atoms with Crippen molar-refractivity contribution in [1.29, 1.82) is 5.26 Å². The molecule has 1 heterocycles. The fourth-order valence-electron chi connectivity index (χ4n) is 10.6. The minimum atomic E-state index is -0.627. The maximum absolute atomic E-state index is 14.6. The summed E-state index contributed by atoms with van der Waals surface area (Å²) >= 11 is 1.80. The minimum absolute atomic E-state index is 0.0186. The molecule has 214 valence electrons. The second-order valence-electron chi connectivity index (χ2n) is 15.8. The smallest absolute Gasteiger partial charge is 0.178 e. The first-order valence-corrected chi connectivity index (χ1v) is 16.2. The standard InChI is InChI=1S/C35H46N2O2S/c1-30(2)12-14-35(37-21-23-9-8-16-40-23)15-13-34(7)28(24(35)19-30)25(38)17-27-32(5)18-22(20-36)29(39)31(3,4)26(32)10-11-33(27,34)6/h8-9,16-18,24,26,28,37H,10-15,19,21H2,1-7H3/t24-,26-,28-,32-,33+,34+,35-/m0/s1. The van der Waals surface area contributed by atoms with Gasteiger partial charge in [-0.2, -0.15) is 5.26 Å². The fraction of sp³-hybridized carbons (Fsp3) is 0.686. The Balaban J connectivity index is 1.47. The van der Waals surface area contributed by atoms with Gasteiger partial charge >= 0.3 is 0 Å². The van der Waals surface area contributed by atoms with Crippen molar-refractivity contribution in [2.45, 2.75) is 105 Å². The molecule has 5 heteroatoms. The van der Waals surface area contributed by atoms with Gasteiger partial charge in [-0.15, -0.1) is 11.3 Å². The van der Waals surface area contributed by atoms with Gasteiger partial charge < -0.3 is 5.32 Å². The van der Waals surface area contributed by atoms with Crippen LogP contribution in [0.25, 0.3) is 0 Å². The van der Waals surface area contributed by atoms with Gasteiger partial charge in [0.2, 0.25) is 0 Å². The molecule has 0 aliphatic heterocycles. The van der Waals surface area contributed by atoms with E-state index in [9.17, 15) is 14.9 Å². The molecular weight excluding hydrogens is 512 g/mol. The number of ketones is 2. The van der Waals surface area contributed by atoms with Crippen LogP contribution in [0.4, 0.5) is 0 Å². The molecule has 0 unspecified atom stereocenters. The van der Waals surface area contributed by atoms with E-state index < -0.39 is 10.8 Å². The number of carbonyl (C=O) groups is 2. The summed E-state index contributed by atoms with van der Waals surface area (Å²) in [6.45, 7) is 16.7. The van der Waals surface area contributed by atoms with Crippen molar-refractivity contribution in [3.63, 3.8) is 0 Å². The molecule has 5 aliphatic rings. The molecular formula is C35H46N2O2S. The highest BCUT2D eigenvalue weighted by atomic mass is 32.1. The summed E-state index contributed by atoms with van der Waals surface area (Å²) in [5, 5.41) is 16.2. The quantitative estimate of drug-likeness (QED) is 0.411. The molecule has 0 bridgehead atoms. The number of carbonyl (C=O) groups excluding carboxylic acids is 2. The SMILES string of the molecule is CC1(C)CC[C@]2(NCc3cccs3)CC[C@]3(C)[C@H](C(=O)C=C4[C@@]5(C)C=C(C#N)C(=O)C(C)(C)[C@@H]5CC[C@]43C)[C@@H]2C1. The van der Waals surface area contributed by atoms with Gasteiger partial charge in [0.25, 0.3) is 0 Å². The third-order valence-electron chi connectivity index (χ3n) is 13.1. The van der Waals surface area contributed by atoms with Gasteiger partial charge in [-0.1, -0.05) is 66.2 Å². The van der Waals surface area contributed by atoms with Gasteiger partial charge in [-0.3, -0.25) is 9.59 Å². The Morgan fingerprint density at radius 3 is 2.42 bits per heavy atom. The van der Waals surface area contributed by atoms with Crippen molar-refractivity contribution in [2.75, 3.05) is 0 Å². The zero-order chi connectivity index (χ0) is 28.9. The van der Waals surface area contributed by atoms with E-state index in [1.165, 1.54) is 16.9 Å². The van der Waals surface area contributed by atoms with Crippen molar-refractivity contribution < 1.29 is 9.59 Å².